The smallest absolute Gasteiger partial charge is 0.335 e. The average molecular weight is 349 g/mol. The first-order chi connectivity index (χ1) is 10.0. The van der Waals surface area contributed by atoms with Crippen molar-refractivity contribution in [1.29, 1.82) is 0 Å². The van der Waals surface area contributed by atoms with E-state index < -0.39 is 34.2 Å². The first kappa shape index (κ1) is 21.3. The van der Waals surface area contributed by atoms with E-state index in [1.165, 1.54) is 25.9 Å². The SMILES string of the molecule is COC(=O)C[C@H](OCCC[Si](C)(C)C[Si](C)(C)C)C(=O)OC. The maximum absolute atomic E-state index is 11.6. The predicted octanol–water partition coefficient (Wildman–Crippen LogP) is 3.08. The predicted molar refractivity (Wildman–Crippen MR) is 93.4 cm³/mol. The highest BCUT2D eigenvalue weighted by atomic mass is 28.4. The second kappa shape index (κ2) is 9.47. The van der Waals surface area contributed by atoms with Crippen LogP contribution in [0.25, 0.3) is 0 Å². The Morgan fingerprint density at radius 2 is 1.59 bits per heavy atom. The normalized spacial score (nSPS) is 13.6. The van der Waals surface area contributed by atoms with Crippen molar-refractivity contribution in [3.8, 4) is 0 Å². The molecule has 0 amide bonds. The van der Waals surface area contributed by atoms with Gasteiger partial charge < -0.3 is 14.2 Å². The van der Waals surface area contributed by atoms with E-state index >= 15 is 0 Å². The van der Waals surface area contributed by atoms with Crippen molar-refractivity contribution in [3.63, 3.8) is 0 Å². The number of esters is 2. The molecule has 7 heteroatoms. The Hall–Kier alpha value is -0.666. The molecule has 0 aromatic heterocycles. The fourth-order valence-electron chi connectivity index (χ4n) is 2.88. The fourth-order valence-corrected chi connectivity index (χ4v) is 16.2. The summed E-state index contributed by atoms with van der Waals surface area (Å²) in [5, 5.41) is 0. The topological polar surface area (TPSA) is 61.8 Å². The molecule has 1 atom stereocenters. The van der Waals surface area contributed by atoms with Gasteiger partial charge in [0.2, 0.25) is 0 Å². The number of hydrogen-bond acceptors (Lipinski definition) is 5. The summed E-state index contributed by atoms with van der Waals surface area (Å²) in [4.78, 5) is 22.9. The summed E-state index contributed by atoms with van der Waals surface area (Å²) in [6.45, 7) is 12.5. The van der Waals surface area contributed by atoms with Gasteiger partial charge in [0.1, 0.15) is 0 Å². The van der Waals surface area contributed by atoms with Crippen LogP contribution in [0.3, 0.4) is 0 Å². The van der Waals surface area contributed by atoms with Crippen LogP contribution in [0.2, 0.25) is 44.4 Å². The molecule has 0 fully saturated rings. The molecule has 0 aromatic carbocycles. The van der Waals surface area contributed by atoms with Crippen molar-refractivity contribution in [1.82, 2.24) is 0 Å². The lowest BCUT2D eigenvalue weighted by molar-refractivity contribution is -0.160. The van der Waals surface area contributed by atoms with Gasteiger partial charge in [0.15, 0.2) is 6.10 Å². The largest absolute Gasteiger partial charge is 0.469 e. The summed E-state index contributed by atoms with van der Waals surface area (Å²) >= 11 is 0. The molecule has 0 saturated heterocycles. The van der Waals surface area contributed by atoms with Crippen LogP contribution in [-0.4, -0.2) is 55.0 Å². The Bertz CT molecular complexity index is 363. The summed E-state index contributed by atoms with van der Waals surface area (Å²) in [6.07, 6.45) is -0.0451. The zero-order valence-electron chi connectivity index (χ0n) is 15.2. The van der Waals surface area contributed by atoms with Gasteiger partial charge >= 0.3 is 11.9 Å². The standard InChI is InChI=1S/C15H32O5Si2/c1-18-14(16)11-13(15(17)19-2)20-9-8-10-22(6,7)12-21(3,4)5/h13H,8-12H2,1-7H3/t13-/m0/s1. The highest BCUT2D eigenvalue weighted by molar-refractivity contribution is 6.94. The van der Waals surface area contributed by atoms with Crippen molar-refractivity contribution in [2.75, 3.05) is 20.8 Å². The molecular formula is C15H32O5Si2. The fraction of sp³-hybridized carbons (Fsp3) is 0.867. The lowest BCUT2D eigenvalue weighted by atomic mass is 10.2. The molecule has 0 saturated carbocycles. The van der Waals surface area contributed by atoms with Crippen LogP contribution in [0.5, 0.6) is 0 Å². The molecular weight excluding hydrogens is 316 g/mol. The van der Waals surface area contributed by atoms with Crippen molar-refractivity contribution >= 4 is 28.1 Å². The van der Waals surface area contributed by atoms with E-state index in [0.29, 0.717) is 6.61 Å². The number of rotatable bonds is 10. The third-order valence-corrected chi connectivity index (χ3v) is 13.1. The van der Waals surface area contributed by atoms with Gasteiger partial charge in [0, 0.05) is 22.8 Å². The summed E-state index contributed by atoms with van der Waals surface area (Å²) in [5.74, 6) is -0.993. The third-order valence-electron chi connectivity index (χ3n) is 3.37. The van der Waals surface area contributed by atoms with E-state index in [0.717, 1.165) is 6.42 Å². The van der Waals surface area contributed by atoms with Crippen molar-refractivity contribution in [3.05, 3.63) is 0 Å². The van der Waals surface area contributed by atoms with Gasteiger partial charge in [0.05, 0.1) is 20.6 Å². The van der Waals surface area contributed by atoms with Gasteiger partial charge in [-0.2, -0.15) is 0 Å². The summed E-state index contributed by atoms with van der Waals surface area (Å²) < 4.78 is 14.8. The molecule has 0 heterocycles. The number of methoxy groups -OCH3 is 2. The van der Waals surface area contributed by atoms with Crippen molar-refractivity contribution in [2.24, 2.45) is 0 Å². The minimum atomic E-state index is -1.21. The van der Waals surface area contributed by atoms with E-state index in [4.69, 9.17) is 4.74 Å². The Labute approximate surface area is 136 Å². The van der Waals surface area contributed by atoms with Crippen LogP contribution in [0.15, 0.2) is 0 Å². The Balaban J connectivity index is 4.28. The van der Waals surface area contributed by atoms with E-state index in [9.17, 15) is 9.59 Å². The molecule has 0 bridgehead atoms. The van der Waals surface area contributed by atoms with Gasteiger partial charge in [-0.05, 0) is 6.42 Å². The Morgan fingerprint density at radius 1 is 1.00 bits per heavy atom. The van der Waals surface area contributed by atoms with Gasteiger partial charge in [-0.1, -0.05) is 44.4 Å². The number of carbonyl (C=O) groups excluding carboxylic acids is 2. The average Bonchev–Trinajstić information content (AvgIpc) is 2.38. The monoisotopic (exact) mass is 348 g/mol. The number of ether oxygens (including phenoxy) is 3. The summed E-state index contributed by atoms with van der Waals surface area (Å²) in [6, 6.07) is 1.17. The van der Waals surface area contributed by atoms with E-state index in [2.05, 4.69) is 42.2 Å². The molecule has 130 valence electrons. The molecule has 0 rings (SSSR count). The lowest BCUT2D eigenvalue weighted by Crippen LogP contribution is -2.37. The van der Waals surface area contributed by atoms with E-state index in [1.807, 2.05) is 0 Å². The third kappa shape index (κ3) is 10.1. The minimum absolute atomic E-state index is 0.0983. The Morgan fingerprint density at radius 3 is 2.05 bits per heavy atom. The van der Waals surface area contributed by atoms with Crippen molar-refractivity contribution in [2.45, 2.75) is 63.4 Å². The van der Waals surface area contributed by atoms with Crippen LogP contribution in [0.1, 0.15) is 12.8 Å². The molecule has 0 N–H and O–H groups in total. The Kier molecular flexibility index (Phi) is 9.18. The molecule has 22 heavy (non-hydrogen) atoms. The molecule has 0 aliphatic rings. The zero-order chi connectivity index (χ0) is 17.4. The van der Waals surface area contributed by atoms with E-state index in [1.54, 1.807) is 0 Å². The molecule has 5 nitrogen and oxygen atoms in total. The number of hydrogen-bond donors (Lipinski definition) is 0. The maximum atomic E-state index is 11.6. The maximum Gasteiger partial charge on any atom is 0.335 e. The molecule has 0 aliphatic heterocycles. The lowest BCUT2D eigenvalue weighted by Gasteiger charge is -2.29. The summed E-state index contributed by atoms with van der Waals surface area (Å²) in [7, 11) is 0.334. The highest BCUT2D eigenvalue weighted by Crippen LogP contribution is 2.24. The van der Waals surface area contributed by atoms with Crippen LogP contribution in [0.4, 0.5) is 0 Å². The van der Waals surface area contributed by atoms with E-state index in [-0.39, 0.29) is 6.42 Å². The van der Waals surface area contributed by atoms with Crippen LogP contribution < -0.4 is 0 Å². The van der Waals surface area contributed by atoms with Crippen LogP contribution >= 0.6 is 0 Å². The van der Waals surface area contributed by atoms with Gasteiger partial charge in [-0.15, -0.1) is 0 Å². The minimum Gasteiger partial charge on any atom is -0.469 e. The quantitative estimate of drug-likeness (QED) is 0.345. The molecule has 0 unspecified atom stereocenters. The van der Waals surface area contributed by atoms with Crippen molar-refractivity contribution < 1.29 is 23.8 Å². The molecule has 0 spiro atoms. The second-order valence-corrected chi connectivity index (χ2v) is 19.0. The van der Waals surface area contributed by atoms with Crippen LogP contribution in [0, 0.1) is 0 Å². The highest BCUT2D eigenvalue weighted by Gasteiger charge is 2.29. The van der Waals surface area contributed by atoms with Gasteiger partial charge in [-0.25, -0.2) is 4.79 Å². The second-order valence-electron chi connectivity index (χ2n) is 7.67. The molecule has 0 aromatic rings. The number of carbonyl (C=O) groups is 2. The van der Waals surface area contributed by atoms with Crippen LogP contribution in [-0.2, 0) is 23.8 Å². The first-order valence-corrected chi connectivity index (χ1v) is 14.9. The molecule has 0 radical (unpaired) electrons. The summed E-state index contributed by atoms with van der Waals surface area (Å²) in [5.41, 5.74) is 1.39. The molecule has 0 aliphatic carbocycles. The first-order valence-electron chi connectivity index (χ1n) is 7.77. The van der Waals surface area contributed by atoms with Gasteiger partial charge in [0.25, 0.3) is 0 Å². The van der Waals surface area contributed by atoms with Gasteiger partial charge in [-0.3, -0.25) is 4.79 Å². The zero-order valence-corrected chi connectivity index (χ0v) is 17.2.